The van der Waals surface area contributed by atoms with Gasteiger partial charge in [-0.05, 0) is 30.2 Å². The van der Waals surface area contributed by atoms with Gasteiger partial charge in [-0.3, -0.25) is 0 Å². The Kier molecular flexibility index (Phi) is 3.71. The number of hydrogen-bond donors (Lipinski definition) is 0. The monoisotopic (exact) mass is 225 g/mol. The molecular formula is C9H11N3O2S. The van der Waals surface area contributed by atoms with Crippen LogP contribution in [0.4, 0.5) is 0 Å². The molecule has 0 aliphatic carbocycles. The number of aryl methyl sites for hydroxylation is 1. The summed E-state index contributed by atoms with van der Waals surface area (Å²) in [7, 11) is -3.32. The van der Waals surface area contributed by atoms with E-state index in [1.54, 1.807) is 18.2 Å². The van der Waals surface area contributed by atoms with Crippen molar-refractivity contribution in [2.24, 2.45) is 5.11 Å². The molecule has 1 aromatic rings. The van der Waals surface area contributed by atoms with E-state index in [-0.39, 0.29) is 17.2 Å². The van der Waals surface area contributed by atoms with Crippen molar-refractivity contribution < 1.29 is 8.42 Å². The summed E-state index contributed by atoms with van der Waals surface area (Å²) in [5.74, 6) is -0.152. The summed E-state index contributed by atoms with van der Waals surface area (Å²) in [6.45, 7) is 1.79. The molecule has 0 N–H and O–H groups in total. The van der Waals surface area contributed by atoms with E-state index in [4.69, 9.17) is 5.53 Å². The van der Waals surface area contributed by atoms with Gasteiger partial charge >= 0.3 is 0 Å². The Bertz CT molecular complexity index is 490. The van der Waals surface area contributed by atoms with Crippen molar-refractivity contribution >= 4 is 9.84 Å². The predicted octanol–water partition coefficient (Wildman–Crippen LogP) is 2.08. The second-order valence-electron chi connectivity index (χ2n) is 3.09. The van der Waals surface area contributed by atoms with Gasteiger partial charge in [0.05, 0.1) is 10.6 Å². The zero-order valence-corrected chi connectivity index (χ0v) is 9.11. The number of azide groups is 1. The van der Waals surface area contributed by atoms with Crippen LogP contribution in [0.1, 0.15) is 5.56 Å². The highest BCUT2D eigenvalue weighted by atomic mass is 32.2. The quantitative estimate of drug-likeness (QED) is 0.446. The molecule has 6 heteroatoms. The topological polar surface area (TPSA) is 82.9 Å². The average molecular weight is 225 g/mol. The van der Waals surface area contributed by atoms with E-state index in [1.807, 2.05) is 13.0 Å². The minimum absolute atomic E-state index is 0.0349. The Morgan fingerprint density at radius 1 is 1.47 bits per heavy atom. The number of sulfone groups is 1. The molecule has 0 aliphatic rings. The van der Waals surface area contributed by atoms with Gasteiger partial charge in [0.2, 0.25) is 0 Å². The maximum Gasteiger partial charge on any atom is 0.178 e. The molecule has 0 unspecified atom stereocenters. The molecule has 0 radical (unpaired) electrons. The minimum atomic E-state index is -3.32. The van der Waals surface area contributed by atoms with Crippen molar-refractivity contribution in [2.75, 3.05) is 12.3 Å². The summed E-state index contributed by atoms with van der Waals surface area (Å²) in [6.07, 6.45) is 0. The first-order valence-corrected chi connectivity index (χ1v) is 6.02. The summed E-state index contributed by atoms with van der Waals surface area (Å²) in [5, 5.41) is 3.21. The Morgan fingerprint density at radius 3 is 2.80 bits per heavy atom. The SMILES string of the molecule is Cc1cccc(S(=O)(=O)CCN=[N+]=[N-])c1. The molecule has 0 amide bonds. The lowest BCUT2D eigenvalue weighted by Crippen LogP contribution is -2.09. The molecule has 0 spiro atoms. The fourth-order valence-corrected chi connectivity index (χ4v) is 2.34. The smallest absolute Gasteiger partial charge is 0.178 e. The highest BCUT2D eigenvalue weighted by Gasteiger charge is 2.12. The van der Waals surface area contributed by atoms with E-state index in [1.165, 1.54) is 0 Å². The molecule has 15 heavy (non-hydrogen) atoms. The van der Waals surface area contributed by atoms with Crippen molar-refractivity contribution in [3.8, 4) is 0 Å². The van der Waals surface area contributed by atoms with Crippen LogP contribution in [0.2, 0.25) is 0 Å². The van der Waals surface area contributed by atoms with Gasteiger partial charge in [-0.15, -0.1) is 0 Å². The van der Waals surface area contributed by atoms with Gasteiger partial charge in [0, 0.05) is 11.5 Å². The van der Waals surface area contributed by atoms with Crippen LogP contribution < -0.4 is 0 Å². The third-order valence-corrected chi connectivity index (χ3v) is 3.56. The van der Waals surface area contributed by atoms with Gasteiger partial charge in [-0.2, -0.15) is 0 Å². The van der Waals surface area contributed by atoms with Gasteiger partial charge in [-0.25, -0.2) is 8.42 Å². The average Bonchev–Trinajstić information content (AvgIpc) is 2.18. The van der Waals surface area contributed by atoms with Crippen LogP contribution in [-0.2, 0) is 9.84 Å². The van der Waals surface area contributed by atoms with Crippen LogP contribution in [0.25, 0.3) is 10.4 Å². The first-order chi connectivity index (χ1) is 7.06. The van der Waals surface area contributed by atoms with Crippen molar-refractivity contribution in [3.05, 3.63) is 40.3 Å². The Labute approximate surface area is 88.3 Å². The van der Waals surface area contributed by atoms with E-state index in [2.05, 4.69) is 10.0 Å². The lowest BCUT2D eigenvalue weighted by atomic mass is 10.2. The molecule has 0 fully saturated rings. The maximum atomic E-state index is 11.7. The van der Waals surface area contributed by atoms with E-state index in [0.717, 1.165) is 5.56 Å². The van der Waals surface area contributed by atoms with Crippen LogP contribution in [0.3, 0.4) is 0 Å². The molecule has 0 atom stereocenters. The van der Waals surface area contributed by atoms with Gasteiger partial charge in [0.15, 0.2) is 9.84 Å². The molecule has 0 aliphatic heterocycles. The first-order valence-electron chi connectivity index (χ1n) is 4.36. The first kappa shape index (κ1) is 11.6. The molecular weight excluding hydrogens is 214 g/mol. The Hall–Kier alpha value is -1.52. The number of rotatable bonds is 4. The summed E-state index contributed by atoms with van der Waals surface area (Å²) in [6, 6.07) is 6.66. The largest absolute Gasteiger partial charge is 0.224 e. The Morgan fingerprint density at radius 2 is 2.20 bits per heavy atom. The number of benzene rings is 1. The predicted molar refractivity (Wildman–Crippen MR) is 57.2 cm³/mol. The van der Waals surface area contributed by atoms with Crippen molar-refractivity contribution in [1.29, 1.82) is 0 Å². The van der Waals surface area contributed by atoms with Crippen molar-refractivity contribution in [2.45, 2.75) is 11.8 Å². The van der Waals surface area contributed by atoms with Crippen LogP contribution in [0.5, 0.6) is 0 Å². The van der Waals surface area contributed by atoms with E-state index < -0.39 is 9.84 Å². The molecule has 5 nitrogen and oxygen atoms in total. The third kappa shape index (κ3) is 3.27. The van der Waals surface area contributed by atoms with Crippen LogP contribution >= 0.6 is 0 Å². The third-order valence-electron chi connectivity index (χ3n) is 1.87. The molecule has 80 valence electrons. The van der Waals surface area contributed by atoms with Crippen molar-refractivity contribution in [1.82, 2.24) is 0 Å². The highest BCUT2D eigenvalue weighted by Crippen LogP contribution is 2.12. The lowest BCUT2D eigenvalue weighted by molar-refractivity contribution is 0.595. The fraction of sp³-hybridized carbons (Fsp3) is 0.333. The van der Waals surface area contributed by atoms with Crippen molar-refractivity contribution in [3.63, 3.8) is 0 Å². The standard InChI is InChI=1S/C9H11N3O2S/c1-8-3-2-4-9(7-8)15(13,14)6-5-11-12-10/h2-4,7H,5-6H2,1H3. The molecule has 1 aromatic carbocycles. The Balaban J connectivity index is 2.91. The number of nitrogens with zero attached hydrogens (tertiary/aromatic N) is 3. The van der Waals surface area contributed by atoms with Gasteiger partial charge in [0.25, 0.3) is 0 Å². The second kappa shape index (κ2) is 4.82. The lowest BCUT2D eigenvalue weighted by Gasteiger charge is -2.02. The maximum absolute atomic E-state index is 11.7. The summed E-state index contributed by atoms with van der Waals surface area (Å²) in [4.78, 5) is 2.78. The molecule has 0 aromatic heterocycles. The molecule has 0 heterocycles. The van der Waals surface area contributed by atoms with E-state index >= 15 is 0 Å². The van der Waals surface area contributed by atoms with E-state index in [9.17, 15) is 8.42 Å². The normalized spacial score (nSPS) is 10.7. The molecule has 0 saturated carbocycles. The number of hydrogen-bond acceptors (Lipinski definition) is 3. The van der Waals surface area contributed by atoms with Gasteiger partial charge < -0.3 is 0 Å². The summed E-state index contributed by atoms with van der Waals surface area (Å²) < 4.78 is 23.4. The molecule has 1 rings (SSSR count). The highest BCUT2D eigenvalue weighted by molar-refractivity contribution is 7.91. The van der Waals surface area contributed by atoms with E-state index in [0.29, 0.717) is 0 Å². The zero-order valence-electron chi connectivity index (χ0n) is 8.29. The van der Waals surface area contributed by atoms with Gasteiger partial charge in [-0.1, -0.05) is 17.2 Å². The molecule has 0 bridgehead atoms. The zero-order chi connectivity index (χ0) is 11.3. The summed E-state index contributed by atoms with van der Waals surface area (Å²) >= 11 is 0. The van der Waals surface area contributed by atoms with Crippen LogP contribution in [0.15, 0.2) is 34.3 Å². The minimum Gasteiger partial charge on any atom is -0.224 e. The molecule has 0 saturated heterocycles. The fourth-order valence-electron chi connectivity index (χ4n) is 1.13. The van der Waals surface area contributed by atoms with Crippen LogP contribution in [0, 0.1) is 6.92 Å². The second-order valence-corrected chi connectivity index (χ2v) is 5.20. The van der Waals surface area contributed by atoms with Gasteiger partial charge in [0.1, 0.15) is 0 Å². The summed E-state index contributed by atoms with van der Waals surface area (Å²) in [5.41, 5.74) is 8.93. The van der Waals surface area contributed by atoms with Crippen LogP contribution in [-0.4, -0.2) is 20.7 Å².